The van der Waals surface area contributed by atoms with Crippen molar-refractivity contribution in [1.29, 1.82) is 0 Å². The monoisotopic (exact) mass is 432 g/mol. The lowest BCUT2D eigenvalue weighted by molar-refractivity contribution is 0.103. The average molecular weight is 433 g/mol. The number of carbonyl (C=O) groups is 1. The summed E-state index contributed by atoms with van der Waals surface area (Å²) in [6.07, 6.45) is 5.58. The number of aromatic nitrogens is 2. The number of rotatable bonds is 4. The number of amides is 1. The molecule has 1 saturated heterocycles. The summed E-state index contributed by atoms with van der Waals surface area (Å²) in [6, 6.07) is 7.40. The Balaban J connectivity index is 1.70. The summed E-state index contributed by atoms with van der Waals surface area (Å²) in [5.41, 5.74) is 1.69. The first-order valence-corrected chi connectivity index (χ1v) is 11.6. The summed E-state index contributed by atoms with van der Waals surface area (Å²) in [5, 5.41) is 5.27. The number of carbonyl (C=O) groups excluding carboxylic acids is 1. The summed E-state index contributed by atoms with van der Waals surface area (Å²) >= 11 is 9.01. The van der Waals surface area contributed by atoms with Crippen molar-refractivity contribution in [2.24, 2.45) is 0 Å². The first-order chi connectivity index (χ1) is 13.5. The van der Waals surface area contributed by atoms with Gasteiger partial charge in [0.2, 0.25) is 0 Å². The van der Waals surface area contributed by atoms with Gasteiger partial charge in [-0.3, -0.25) is 4.79 Å². The van der Waals surface area contributed by atoms with Crippen molar-refractivity contribution in [3.63, 3.8) is 0 Å². The summed E-state index contributed by atoms with van der Waals surface area (Å²) in [7, 11) is 0. The fourth-order valence-electron chi connectivity index (χ4n) is 3.35. The normalized spacial score (nSPS) is 14.5. The smallest absolute Gasteiger partial charge is 0.265 e. The number of halogens is 1. The van der Waals surface area contributed by atoms with Crippen molar-refractivity contribution in [1.82, 2.24) is 9.97 Å². The highest BCUT2D eigenvalue weighted by Gasteiger charge is 2.21. The maximum atomic E-state index is 12.9. The highest BCUT2D eigenvalue weighted by atomic mass is 35.5. The van der Waals surface area contributed by atoms with E-state index in [0.29, 0.717) is 9.90 Å². The number of thioether (sulfide) groups is 1. The summed E-state index contributed by atoms with van der Waals surface area (Å²) < 4.78 is 0. The molecule has 0 bridgehead atoms. The molecule has 3 heterocycles. The number of hydrogen-bond acceptors (Lipinski definition) is 6. The van der Waals surface area contributed by atoms with Gasteiger partial charge in [-0.15, -0.1) is 11.3 Å². The van der Waals surface area contributed by atoms with Crippen LogP contribution in [0.2, 0.25) is 5.02 Å². The molecule has 4 rings (SSSR count). The Hall–Kier alpha value is -1.83. The van der Waals surface area contributed by atoms with Gasteiger partial charge in [-0.2, -0.15) is 0 Å². The molecule has 1 fully saturated rings. The van der Waals surface area contributed by atoms with E-state index in [1.54, 1.807) is 6.07 Å². The third-order valence-corrected chi connectivity index (χ3v) is 6.67. The van der Waals surface area contributed by atoms with Crippen LogP contribution in [-0.4, -0.2) is 35.2 Å². The topological polar surface area (TPSA) is 58.1 Å². The Bertz CT molecular complexity index is 1030. The van der Waals surface area contributed by atoms with E-state index in [9.17, 15) is 4.79 Å². The lowest BCUT2D eigenvalue weighted by Crippen LogP contribution is -2.30. The molecule has 5 nitrogen and oxygen atoms in total. The zero-order chi connectivity index (χ0) is 19.7. The van der Waals surface area contributed by atoms with Gasteiger partial charge in [0, 0.05) is 23.8 Å². The lowest BCUT2D eigenvalue weighted by atomic mass is 10.1. The van der Waals surface area contributed by atoms with Crippen LogP contribution in [0.25, 0.3) is 10.2 Å². The molecule has 1 N–H and O–H groups in total. The number of anilines is 2. The second-order valence-corrected chi connectivity index (χ2v) is 9.06. The molecule has 1 aliphatic heterocycles. The van der Waals surface area contributed by atoms with Gasteiger partial charge in [0.25, 0.3) is 5.91 Å². The number of thiophene rings is 1. The predicted octanol–water partition coefficient (Wildman–Crippen LogP) is 5.62. The van der Waals surface area contributed by atoms with Gasteiger partial charge in [0.05, 0.1) is 10.3 Å². The van der Waals surface area contributed by atoms with Gasteiger partial charge in [0.1, 0.15) is 10.6 Å². The number of piperidine rings is 1. The summed E-state index contributed by atoms with van der Waals surface area (Å²) in [4.78, 5) is 26.1. The molecule has 0 unspecified atom stereocenters. The standard InChI is InChI=1S/C20H21ClN4OS2/c1-12-6-7-13(21)10-15(12)22-18(26)16-11-14-17(25-8-4-3-5-9-25)23-20(27-2)24-19(14)28-16/h6-7,10-11H,3-5,8-9H2,1-2H3,(H,22,26). The molecule has 146 valence electrons. The predicted molar refractivity (Wildman–Crippen MR) is 119 cm³/mol. The number of aryl methyl sites for hydroxylation is 1. The van der Waals surface area contributed by atoms with Gasteiger partial charge in [-0.25, -0.2) is 9.97 Å². The molecule has 0 saturated carbocycles. The number of fused-ring (bicyclic) bond motifs is 1. The minimum absolute atomic E-state index is 0.149. The number of benzene rings is 1. The zero-order valence-electron chi connectivity index (χ0n) is 15.8. The van der Waals surface area contributed by atoms with E-state index in [1.165, 1.54) is 42.4 Å². The second-order valence-electron chi connectivity index (χ2n) is 6.82. The summed E-state index contributed by atoms with van der Waals surface area (Å²) in [6.45, 7) is 3.94. The van der Waals surface area contributed by atoms with Crippen LogP contribution in [0.3, 0.4) is 0 Å². The molecule has 1 aromatic carbocycles. The van der Waals surface area contributed by atoms with E-state index in [-0.39, 0.29) is 5.91 Å². The molecule has 28 heavy (non-hydrogen) atoms. The van der Waals surface area contributed by atoms with Gasteiger partial charge >= 0.3 is 0 Å². The Morgan fingerprint density at radius 1 is 1.21 bits per heavy atom. The molecular formula is C20H21ClN4OS2. The fourth-order valence-corrected chi connectivity index (χ4v) is 4.86. The van der Waals surface area contributed by atoms with E-state index in [2.05, 4.69) is 15.2 Å². The first kappa shape index (κ1) is 19.5. The van der Waals surface area contributed by atoms with Crippen molar-refractivity contribution in [3.8, 4) is 0 Å². The fraction of sp³-hybridized carbons (Fsp3) is 0.350. The van der Waals surface area contributed by atoms with Crippen LogP contribution < -0.4 is 10.2 Å². The van der Waals surface area contributed by atoms with Crippen LogP contribution in [0.15, 0.2) is 29.4 Å². The molecule has 0 spiro atoms. The molecule has 1 aliphatic rings. The largest absolute Gasteiger partial charge is 0.356 e. The maximum absolute atomic E-state index is 12.9. The Morgan fingerprint density at radius 2 is 2.00 bits per heavy atom. The highest BCUT2D eigenvalue weighted by molar-refractivity contribution is 7.98. The van der Waals surface area contributed by atoms with E-state index in [0.717, 1.165) is 45.5 Å². The van der Waals surface area contributed by atoms with Gasteiger partial charge in [-0.05, 0) is 56.2 Å². The van der Waals surface area contributed by atoms with Crippen LogP contribution in [-0.2, 0) is 0 Å². The van der Waals surface area contributed by atoms with Crippen molar-refractivity contribution in [2.75, 3.05) is 29.6 Å². The number of hydrogen-bond donors (Lipinski definition) is 1. The SMILES string of the molecule is CSc1nc(N2CCCCC2)c2cc(C(=O)Nc3cc(Cl)ccc3C)sc2n1. The zero-order valence-corrected chi connectivity index (χ0v) is 18.2. The quantitative estimate of drug-likeness (QED) is 0.428. The van der Waals surface area contributed by atoms with Gasteiger partial charge < -0.3 is 10.2 Å². The molecule has 0 atom stereocenters. The van der Waals surface area contributed by atoms with Crippen molar-refractivity contribution >= 4 is 62.3 Å². The van der Waals surface area contributed by atoms with Gasteiger partial charge in [0.15, 0.2) is 5.16 Å². The lowest BCUT2D eigenvalue weighted by Gasteiger charge is -2.28. The van der Waals surface area contributed by atoms with E-state index in [4.69, 9.17) is 16.6 Å². The third-order valence-electron chi connectivity index (χ3n) is 4.86. The molecule has 2 aromatic heterocycles. The van der Waals surface area contributed by atoms with Crippen molar-refractivity contribution in [2.45, 2.75) is 31.3 Å². The van der Waals surface area contributed by atoms with E-state index in [1.807, 2.05) is 31.4 Å². The Kier molecular flexibility index (Phi) is 5.75. The van der Waals surface area contributed by atoms with E-state index >= 15 is 0 Å². The minimum Gasteiger partial charge on any atom is -0.356 e. The first-order valence-electron chi connectivity index (χ1n) is 9.23. The van der Waals surface area contributed by atoms with Crippen LogP contribution in [0, 0.1) is 6.92 Å². The minimum atomic E-state index is -0.149. The Morgan fingerprint density at radius 3 is 2.75 bits per heavy atom. The van der Waals surface area contributed by atoms with Crippen molar-refractivity contribution < 1.29 is 4.79 Å². The third kappa shape index (κ3) is 3.97. The molecule has 8 heteroatoms. The molecule has 1 amide bonds. The van der Waals surface area contributed by atoms with Crippen molar-refractivity contribution in [3.05, 3.63) is 39.7 Å². The average Bonchev–Trinajstić information content (AvgIpc) is 3.15. The van der Waals surface area contributed by atoms with Crippen LogP contribution >= 0.6 is 34.7 Å². The molecular weight excluding hydrogens is 412 g/mol. The van der Waals surface area contributed by atoms with E-state index < -0.39 is 0 Å². The van der Waals surface area contributed by atoms with Crippen LogP contribution in [0.5, 0.6) is 0 Å². The summed E-state index contributed by atoms with van der Waals surface area (Å²) in [5.74, 6) is 0.798. The van der Waals surface area contributed by atoms with Crippen LogP contribution in [0.1, 0.15) is 34.5 Å². The maximum Gasteiger partial charge on any atom is 0.265 e. The Labute approximate surface area is 177 Å². The number of nitrogens with one attached hydrogen (secondary N) is 1. The second kappa shape index (κ2) is 8.27. The van der Waals surface area contributed by atoms with Gasteiger partial charge in [-0.1, -0.05) is 29.4 Å². The highest BCUT2D eigenvalue weighted by Crippen LogP contribution is 2.34. The molecule has 0 radical (unpaired) electrons. The number of nitrogens with zero attached hydrogens (tertiary/aromatic N) is 3. The molecule has 0 aliphatic carbocycles. The molecule has 3 aromatic rings. The van der Waals surface area contributed by atoms with Crippen LogP contribution in [0.4, 0.5) is 11.5 Å².